The van der Waals surface area contributed by atoms with Crippen molar-refractivity contribution in [3.63, 3.8) is 0 Å². The summed E-state index contributed by atoms with van der Waals surface area (Å²) < 4.78 is 0. The Bertz CT molecular complexity index is 500. The lowest BCUT2D eigenvalue weighted by Crippen LogP contribution is -2.05. The number of nitrogen functional groups attached to an aromatic ring is 1. The highest BCUT2D eigenvalue weighted by Gasteiger charge is 2.02. The van der Waals surface area contributed by atoms with E-state index in [2.05, 4.69) is 10.3 Å². The number of nitrogens with two attached hydrogens (primary N) is 1. The Labute approximate surface area is 102 Å². The van der Waals surface area contributed by atoms with E-state index in [1.807, 2.05) is 50.2 Å². The summed E-state index contributed by atoms with van der Waals surface area (Å²) >= 11 is 0. The van der Waals surface area contributed by atoms with Crippen LogP contribution in [0, 0.1) is 13.8 Å². The molecule has 0 saturated heterocycles. The van der Waals surface area contributed by atoms with Crippen LogP contribution in [0.5, 0.6) is 0 Å². The van der Waals surface area contributed by atoms with Crippen LogP contribution in [0.4, 0.5) is 11.4 Å². The number of aryl methyl sites for hydroxylation is 2. The van der Waals surface area contributed by atoms with E-state index in [0.717, 1.165) is 28.3 Å². The molecule has 0 radical (unpaired) electrons. The second kappa shape index (κ2) is 4.87. The summed E-state index contributed by atoms with van der Waals surface area (Å²) in [6.45, 7) is 4.73. The smallest absolute Gasteiger partial charge is 0.0606 e. The predicted molar refractivity (Wildman–Crippen MR) is 71.9 cm³/mol. The maximum atomic E-state index is 5.93. The normalized spacial score (nSPS) is 10.2. The average molecular weight is 227 g/mol. The first-order valence-electron chi connectivity index (χ1n) is 5.68. The van der Waals surface area contributed by atoms with Crippen molar-refractivity contribution in [1.29, 1.82) is 0 Å². The number of anilines is 2. The number of aromatic nitrogens is 1. The van der Waals surface area contributed by atoms with Crippen LogP contribution >= 0.6 is 0 Å². The summed E-state index contributed by atoms with van der Waals surface area (Å²) in [5, 5.41) is 3.34. The Kier molecular flexibility index (Phi) is 3.28. The fourth-order valence-corrected chi connectivity index (χ4v) is 1.81. The summed E-state index contributed by atoms with van der Waals surface area (Å²) in [5.74, 6) is 0. The van der Waals surface area contributed by atoms with Crippen LogP contribution < -0.4 is 11.1 Å². The quantitative estimate of drug-likeness (QED) is 0.793. The van der Waals surface area contributed by atoms with Crippen LogP contribution in [0.15, 0.2) is 36.4 Å². The molecule has 0 fully saturated rings. The highest BCUT2D eigenvalue weighted by Crippen LogP contribution is 2.22. The van der Waals surface area contributed by atoms with E-state index in [1.54, 1.807) is 0 Å². The fraction of sp³-hybridized carbons (Fsp3) is 0.214. The zero-order valence-corrected chi connectivity index (χ0v) is 10.2. The van der Waals surface area contributed by atoms with E-state index >= 15 is 0 Å². The number of benzene rings is 1. The molecule has 3 nitrogen and oxygen atoms in total. The Balaban J connectivity index is 2.13. The molecule has 17 heavy (non-hydrogen) atoms. The van der Waals surface area contributed by atoms with Gasteiger partial charge in [0.05, 0.1) is 23.6 Å². The number of pyridine rings is 1. The molecule has 1 aromatic carbocycles. The molecule has 0 atom stereocenters. The molecule has 2 rings (SSSR count). The third kappa shape index (κ3) is 2.75. The number of hydrogen-bond acceptors (Lipinski definition) is 3. The van der Waals surface area contributed by atoms with Crippen molar-refractivity contribution in [3.05, 3.63) is 53.3 Å². The summed E-state index contributed by atoms with van der Waals surface area (Å²) in [6.07, 6.45) is 0. The summed E-state index contributed by atoms with van der Waals surface area (Å²) in [4.78, 5) is 4.44. The minimum absolute atomic E-state index is 0.691. The molecular weight excluding hydrogens is 210 g/mol. The van der Waals surface area contributed by atoms with E-state index in [-0.39, 0.29) is 0 Å². The van der Waals surface area contributed by atoms with E-state index in [1.165, 1.54) is 0 Å². The second-order valence-corrected chi connectivity index (χ2v) is 4.16. The molecule has 88 valence electrons. The first kappa shape index (κ1) is 11.5. The maximum absolute atomic E-state index is 5.93. The van der Waals surface area contributed by atoms with Gasteiger partial charge >= 0.3 is 0 Å². The van der Waals surface area contributed by atoms with E-state index in [9.17, 15) is 0 Å². The highest BCUT2D eigenvalue weighted by molar-refractivity contribution is 5.69. The van der Waals surface area contributed by atoms with Crippen molar-refractivity contribution in [2.45, 2.75) is 20.4 Å². The fourth-order valence-electron chi connectivity index (χ4n) is 1.81. The number of para-hydroxylation sites is 1. The Morgan fingerprint density at radius 1 is 1.12 bits per heavy atom. The van der Waals surface area contributed by atoms with Crippen molar-refractivity contribution >= 4 is 11.4 Å². The van der Waals surface area contributed by atoms with Crippen molar-refractivity contribution in [2.75, 3.05) is 11.1 Å². The molecular formula is C14H17N3. The SMILES string of the molecule is Cc1cccc(CNc2c(C)cccc2N)n1. The Hall–Kier alpha value is -2.03. The molecule has 0 amide bonds. The minimum Gasteiger partial charge on any atom is -0.397 e. The molecule has 0 aliphatic carbocycles. The number of hydrogen-bond donors (Lipinski definition) is 2. The lowest BCUT2D eigenvalue weighted by atomic mass is 10.1. The van der Waals surface area contributed by atoms with Gasteiger partial charge in [0.1, 0.15) is 0 Å². The van der Waals surface area contributed by atoms with Gasteiger partial charge in [-0.05, 0) is 37.6 Å². The number of nitrogens with one attached hydrogen (secondary N) is 1. The molecule has 3 N–H and O–H groups in total. The van der Waals surface area contributed by atoms with Crippen LogP contribution in [0.2, 0.25) is 0 Å². The van der Waals surface area contributed by atoms with Gasteiger partial charge < -0.3 is 11.1 Å². The van der Waals surface area contributed by atoms with Gasteiger partial charge in [0.15, 0.2) is 0 Å². The van der Waals surface area contributed by atoms with Gasteiger partial charge in [0.25, 0.3) is 0 Å². The van der Waals surface area contributed by atoms with Gasteiger partial charge in [-0.25, -0.2) is 0 Å². The molecule has 0 unspecified atom stereocenters. The lowest BCUT2D eigenvalue weighted by molar-refractivity contribution is 1.01. The molecule has 3 heteroatoms. The average Bonchev–Trinajstić information content (AvgIpc) is 2.28. The molecule has 0 saturated carbocycles. The Morgan fingerprint density at radius 3 is 2.59 bits per heavy atom. The largest absolute Gasteiger partial charge is 0.397 e. The summed E-state index contributed by atoms with van der Waals surface area (Å²) in [5.41, 5.74) is 10.9. The number of nitrogens with zero attached hydrogens (tertiary/aromatic N) is 1. The van der Waals surface area contributed by atoms with Crippen LogP contribution in [0.25, 0.3) is 0 Å². The monoisotopic (exact) mass is 227 g/mol. The third-order valence-electron chi connectivity index (χ3n) is 2.70. The molecule has 1 heterocycles. The van der Waals surface area contributed by atoms with Crippen LogP contribution in [-0.2, 0) is 6.54 Å². The van der Waals surface area contributed by atoms with Gasteiger partial charge in [-0.3, -0.25) is 4.98 Å². The first-order chi connectivity index (χ1) is 8.16. The second-order valence-electron chi connectivity index (χ2n) is 4.16. The van der Waals surface area contributed by atoms with E-state index in [4.69, 9.17) is 5.73 Å². The number of rotatable bonds is 3. The highest BCUT2D eigenvalue weighted by atomic mass is 14.9. The van der Waals surface area contributed by atoms with Crippen molar-refractivity contribution in [3.8, 4) is 0 Å². The molecule has 0 bridgehead atoms. The van der Waals surface area contributed by atoms with Gasteiger partial charge in [0.2, 0.25) is 0 Å². The van der Waals surface area contributed by atoms with Crippen molar-refractivity contribution < 1.29 is 0 Å². The van der Waals surface area contributed by atoms with Crippen LogP contribution in [-0.4, -0.2) is 4.98 Å². The molecule has 0 aliphatic heterocycles. The molecule has 0 aliphatic rings. The molecule has 0 spiro atoms. The van der Waals surface area contributed by atoms with E-state index < -0.39 is 0 Å². The molecule has 1 aromatic heterocycles. The summed E-state index contributed by atoms with van der Waals surface area (Å²) in [6, 6.07) is 11.9. The molecule has 2 aromatic rings. The van der Waals surface area contributed by atoms with Gasteiger partial charge in [-0.1, -0.05) is 18.2 Å². The summed E-state index contributed by atoms with van der Waals surface area (Å²) in [7, 11) is 0. The van der Waals surface area contributed by atoms with Crippen molar-refractivity contribution in [2.24, 2.45) is 0 Å². The minimum atomic E-state index is 0.691. The van der Waals surface area contributed by atoms with Gasteiger partial charge in [-0.2, -0.15) is 0 Å². The zero-order valence-electron chi connectivity index (χ0n) is 10.2. The van der Waals surface area contributed by atoms with Gasteiger partial charge in [0, 0.05) is 5.69 Å². The van der Waals surface area contributed by atoms with Crippen LogP contribution in [0.3, 0.4) is 0 Å². The third-order valence-corrected chi connectivity index (χ3v) is 2.70. The van der Waals surface area contributed by atoms with E-state index in [0.29, 0.717) is 6.54 Å². The van der Waals surface area contributed by atoms with Crippen molar-refractivity contribution in [1.82, 2.24) is 4.98 Å². The Morgan fingerprint density at radius 2 is 1.88 bits per heavy atom. The first-order valence-corrected chi connectivity index (χ1v) is 5.68. The van der Waals surface area contributed by atoms with Gasteiger partial charge in [-0.15, -0.1) is 0 Å². The van der Waals surface area contributed by atoms with Crippen LogP contribution in [0.1, 0.15) is 17.0 Å². The topological polar surface area (TPSA) is 50.9 Å². The standard InChI is InChI=1S/C14H17N3/c1-10-5-3-8-13(15)14(10)16-9-12-7-4-6-11(2)17-12/h3-8,16H,9,15H2,1-2H3. The zero-order chi connectivity index (χ0) is 12.3. The maximum Gasteiger partial charge on any atom is 0.0606 e. The lowest BCUT2D eigenvalue weighted by Gasteiger charge is -2.12. The predicted octanol–water partition coefficient (Wildman–Crippen LogP) is 2.89.